The Bertz CT molecular complexity index is 1140. The molecule has 5 rings (SSSR count). The standard InChI is InChI=1S/C20H15ClN4O2/c1-11-18-14(12-6-8-13(21)9-7-12)10-17(26)23-19(18)25(24-11)20-22-15-4-2-3-5-16(15)27-20/h2-9,14H,10H2,1H3,(H,23,26)/t14-/m1/s1. The van der Waals surface area contributed by atoms with Gasteiger partial charge in [-0.25, -0.2) is 0 Å². The number of amides is 1. The minimum atomic E-state index is -0.0934. The van der Waals surface area contributed by atoms with E-state index in [0.29, 0.717) is 28.9 Å². The predicted molar refractivity (Wildman–Crippen MR) is 102 cm³/mol. The van der Waals surface area contributed by atoms with Gasteiger partial charge >= 0.3 is 6.01 Å². The molecule has 0 saturated carbocycles. The molecule has 1 N–H and O–H groups in total. The molecule has 0 spiro atoms. The van der Waals surface area contributed by atoms with E-state index in [1.165, 1.54) is 0 Å². The topological polar surface area (TPSA) is 73.0 Å². The molecule has 1 aliphatic rings. The molecule has 3 heterocycles. The Kier molecular flexibility index (Phi) is 3.55. The van der Waals surface area contributed by atoms with E-state index in [4.69, 9.17) is 16.0 Å². The summed E-state index contributed by atoms with van der Waals surface area (Å²) in [6.07, 6.45) is 0.356. The highest BCUT2D eigenvalue weighted by Gasteiger charge is 2.33. The van der Waals surface area contributed by atoms with Crippen LogP contribution in [-0.2, 0) is 4.79 Å². The average molecular weight is 379 g/mol. The van der Waals surface area contributed by atoms with Crippen LogP contribution in [0.3, 0.4) is 0 Å². The molecule has 0 fully saturated rings. The van der Waals surface area contributed by atoms with Gasteiger partial charge in [0.2, 0.25) is 5.91 Å². The van der Waals surface area contributed by atoms with Crippen LogP contribution in [0.15, 0.2) is 52.9 Å². The fourth-order valence-electron chi connectivity index (χ4n) is 3.62. The van der Waals surface area contributed by atoms with Crippen LogP contribution in [0.5, 0.6) is 0 Å². The second kappa shape index (κ2) is 5.96. The molecule has 27 heavy (non-hydrogen) atoms. The van der Waals surface area contributed by atoms with Crippen molar-refractivity contribution in [1.82, 2.24) is 14.8 Å². The van der Waals surface area contributed by atoms with Crippen LogP contribution in [-0.4, -0.2) is 20.7 Å². The number of anilines is 1. The predicted octanol–water partition coefficient (Wildman–Crippen LogP) is 4.45. The van der Waals surface area contributed by atoms with Crippen molar-refractivity contribution in [2.24, 2.45) is 0 Å². The first-order chi connectivity index (χ1) is 13.1. The number of fused-ring (bicyclic) bond motifs is 2. The lowest BCUT2D eigenvalue weighted by Crippen LogP contribution is -2.25. The number of para-hydroxylation sites is 2. The van der Waals surface area contributed by atoms with Crippen molar-refractivity contribution in [1.29, 1.82) is 0 Å². The number of aryl methyl sites for hydroxylation is 1. The maximum Gasteiger partial charge on any atom is 0.325 e. The number of nitrogens with zero attached hydrogens (tertiary/aromatic N) is 3. The highest BCUT2D eigenvalue weighted by Crippen LogP contribution is 2.40. The molecule has 0 radical (unpaired) electrons. The molecule has 2 aromatic heterocycles. The van der Waals surface area contributed by atoms with Crippen LogP contribution in [0.4, 0.5) is 5.82 Å². The van der Waals surface area contributed by atoms with Crippen molar-refractivity contribution in [3.8, 4) is 6.01 Å². The van der Waals surface area contributed by atoms with Crippen LogP contribution in [0.1, 0.15) is 29.2 Å². The van der Waals surface area contributed by atoms with E-state index in [1.807, 2.05) is 55.5 Å². The van der Waals surface area contributed by atoms with Gasteiger partial charge in [0.15, 0.2) is 5.58 Å². The highest BCUT2D eigenvalue weighted by molar-refractivity contribution is 6.30. The van der Waals surface area contributed by atoms with Crippen LogP contribution in [0.25, 0.3) is 17.1 Å². The largest absolute Gasteiger partial charge is 0.422 e. The third-order valence-corrected chi connectivity index (χ3v) is 5.09. The van der Waals surface area contributed by atoms with E-state index in [9.17, 15) is 4.79 Å². The smallest absolute Gasteiger partial charge is 0.325 e. The number of nitrogens with one attached hydrogen (secondary N) is 1. The van der Waals surface area contributed by atoms with E-state index in [2.05, 4.69) is 15.4 Å². The van der Waals surface area contributed by atoms with Gasteiger partial charge in [-0.1, -0.05) is 35.9 Å². The maximum atomic E-state index is 12.4. The summed E-state index contributed by atoms with van der Waals surface area (Å²) in [5, 5.41) is 8.21. The van der Waals surface area contributed by atoms with Gasteiger partial charge in [0.25, 0.3) is 0 Å². The Balaban J connectivity index is 1.67. The molecule has 0 unspecified atom stereocenters. The summed E-state index contributed by atoms with van der Waals surface area (Å²) in [7, 11) is 0. The lowest BCUT2D eigenvalue weighted by molar-refractivity contribution is -0.116. The van der Waals surface area contributed by atoms with Crippen LogP contribution in [0, 0.1) is 6.92 Å². The molecule has 4 aromatic rings. The number of hydrogen-bond acceptors (Lipinski definition) is 4. The molecular weight excluding hydrogens is 364 g/mol. The summed E-state index contributed by atoms with van der Waals surface area (Å²) in [4.78, 5) is 16.9. The van der Waals surface area contributed by atoms with Crippen LogP contribution >= 0.6 is 11.6 Å². The zero-order valence-corrected chi connectivity index (χ0v) is 15.2. The molecular formula is C20H15ClN4O2. The number of oxazole rings is 1. The highest BCUT2D eigenvalue weighted by atomic mass is 35.5. The van der Waals surface area contributed by atoms with Crippen molar-refractivity contribution in [2.75, 3.05) is 5.32 Å². The number of carbonyl (C=O) groups is 1. The molecule has 6 nitrogen and oxygen atoms in total. The summed E-state index contributed by atoms with van der Waals surface area (Å²) in [5.41, 5.74) is 4.23. The number of rotatable bonds is 2. The molecule has 1 amide bonds. The zero-order valence-electron chi connectivity index (χ0n) is 14.4. The maximum absolute atomic E-state index is 12.4. The Labute approximate surface area is 159 Å². The van der Waals surface area contributed by atoms with Crippen molar-refractivity contribution in [2.45, 2.75) is 19.3 Å². The Morgan fingerprint density at radius 2 is 1.96 bits per heavy atom. The van der Waals surface area contributed by atoms with Gasteiger partial charge in [0, 0.05) is 22.9 Å². The minimum Gasteiger partial charge on any atom is -0.422 e. The van der Waals surface area contributed by atoms with E-state index in [0.717, 1.165) is 22.3 Å². The van der Waals surface area contributed by atoms with E-state index >= 15 is 0 Å². The van der Waals surface area contributed by atoms with Gasteiger partial charge in [-0.05, 0) is 36.8 Å². The first-order valence-electron chi connectivity index (χ1n) is 8.61. The molecule has 7 heteroatoms. The van der Waals surface area contributed by atoms with Gasteiger partial charge in [-0.2, -0.15) is 14.8 Å². The molecule has 134 valence electrons. The number of aromatic nitrogens is 3. The fraction of sp³-hybridized carbons (Fsp3) is 0.150. The van der Waals surface area contributed by atoms with Crippen molar-refractivity contribution in [3.05, 3.63) is 70.4 Å². The summed E-state index contributed by atoms with van der Waals surface area (Å²) in [5.74, 6) is 0.444. The summed E-state index contributed by atoms with van der Waals surface area (Å²) < 4.78 is 7.42. The normalized spacial score (nSPS) is 16.4. The van der Waals surface area contributed by atoms with Gasteiger partial charge in [0.05, 0.1) is 5.69 Å². The molecule has 2 aromatic carbocycles. The first kappa shape index (κ1) is 16.1. The van der Waals surface area contributed by atoms with Crippen LogP contribution < -0.4 is 5.32 Å². The second-order valence-corrected chi connectivity index (χ2v) is 7.02. The minimum absolute atomic E-state index is 0.0697. The Hall–Kier alpha value is -3.12. The lowest BCUT2D eigenvalue weighted by atomic mass is 9.86. The molecule has 1 atom stereocenters. The zero-order chi connectivity index (χ0) is 18.5. The van der Waals surface area contributed by atoms with Crippen LogP contribution in [0.2, 0.25) is 5.02 Å². The molecule has 0 aliphatic carbocycles. The third-order valence-electron chi connectivity index (χ3n) is 4.84. The number of hydrogen-bond donors (Lipinski definition) is 1. The van der Waals surface area contributed by atoms with E-state index < -0.39 is 0 Å². The quantitative estimate of drug-likeness (QED) is 0.559. The Morgan fingerprint density at radius 3 is 2.74 bits per heavy atom. The summed E-state index contributed by atoms with van der Waals surface area (Å²) in [6, 6.07) is 15.4. The van der Waals surface area contributed by atoms with E-state index in [1.54, 1.807) is 4.68 Å². The lowest BCUT2D eigenvalue weighted by Gasteiger charge is -2.24. The monoisotopic (exact) mass is 378 g/mol. The third kappa shape index (κ3) is 2.61. The van der Waals surface area contributed by atoms with Crippen molar-refractivity contribution >= 4 is 34.4 Å². The second-order valence-electron chi connectivity index (χ2n) is 6.58. The SMILES string of the molecule is Cc1nn(-c2nc3ccccc3o2)c2c1[C@@H](c1ccc(Cl)cc1)CC(=O)N2. The van der Waals surface area contributed by atoms with Gasteiger partial charge < -0.3 is 9.73 Å². The molecule has 0 bridgehead atoms. The van der Waals surface area contributed by atoms with Gasteiger partial charge in [0.1, 0.15) is 11.3 Å². The van der Waals surface area contributed by atoms with Crippen molar-refractivity contribution < 1.29 is 9.21 Å². The first-order valence-corrected chi connectivity index (χ1v) is 8.99. The average Bonchev–Trinajstić information content (AvgIpc) is 3.23. The summed E-state index contributed by atoms with van der Waals surface area (Å²) >= 11 is 6.02. The number of halogens is 1. The van der Waals surface area contributed by atoms with Gasteiger partial charge in [-0.3, -0.25) is 4.79 Å². The number of carbonyl (C=O) groups excluding carboxylic acids is 1. The summed E-state index contributed by atoms with van der Waals surface area (Å²) in [6.45, 7) is 1.93. The molecule has 1 aliphatic heterocycles. The molecule has 0 saturated heterocycles. The van der Waals surface area contributed by atoms with Gasteiger partial charge in [-0.15, -0.1) is 0 Å². The van der Waals surface area contributed by atoms with Crippen molar-refractivity contribution in [3.63, 3.8) is 0 Å². The number of benzene rings is 2. The fourth-order valence-corrected chi connectivity index (χ4v) is 3.74. The van der Waals surface area contributed by atoms with E-state index in [-0.39, 0.29) is 11.8 Å². The Morgan fingerprint density at radius 1 is 1.19 bits per heavy atom.